The number of anilines is 1. The molecule has 0 saturated heterocycles. The minimum atomic E-state index is -0.974. The van der Waals surface area contributed by atoms with Crippen LogP contribution in [0.5, 0.6) is 0 Å². The van der Waals surface area contributed by atoms with Crippen molar-refractivity contribution in [2.45, 2.75) is 20.3 Å². The molecular weight excluding hydrogens is 218 g/mol. The molecule has 4 heteroatoms. The molecule has 2 N–H and O–H groups in total. The predicted molar refractivity (Wildman–Crippen MR) is 64.0 cm³/mol. The van der Waals surface area contributed by atoms with E-state index in [2.05, 4.69) is 5.32 Å². The lowest BCUT2D eigenvalue weighted by atomic mass is 10.1. The molecule has 1 aromatic carbocycles. The van der Waals surface area contributed by atoms with Crippen molar-refractivity contribution in [2.24, 2.45) is 11.8 Å². The maximum Gasteiger partial charge on any atom is 0.336 e. The van der Waals surface area contributed by atoms with E-state index in [1.54, 1.807) is 19.1 Å². The summed E-state index contributed by atoms with van der Waals surface area (Å²) in [7, 11) is 0. The van der Waals surface area contributed by atoms with Gasteiger partial charge >= 0.3 is 5.97 Å². The molecule has 90 valence electrons. The highest BCUT2D eigenvalue weighted by atomic mass is 16.4. The largest absolute Gasteiger partial charge is 0.478 e. The monoisotopic (exact) mass is 233 g/mol. The van der Waals surface area contributed by atoms with Crippen LogP contribution in [0.3, 0.4) is 0 Å². The first-order valence-corrected chi connectivity index (χ1v) is 5.64. The number of hydrogen-bond donors (Lipinski definition) is 2. The van der Waals surface area contributed by atoms with E-state index in [0.717, 1.165) is 6.42 Å². The minimum Gasteiger partial charge on any atom is -0.478 e. The number of amides is 1. The molecule has 1 aliphatic rings. The Balaban J connectivity index is 2.14. The van der Waals surface area contributed by atoms with Gasteiger partial charge in [0, 0.05) is 11.6 Å². The summed E-state index contributed by atoms with van der Waals surface area (Å²) < 4.78 is 0. The normalized spacial score (nSPS) is 22.0. The molecule has 4 nitrogen and oxygen atoms in total. The summed E-state index contributed by atoms with van der Waals surface area (Å²) in [5, 5.41) is 11.7. The average Bonchev–Trinajstić information content (AvgIpc) is 2.98. The van der Waals surface area contributed by atoms with Crippen molar-refractivity contribution in [3.05, 3.63) is 29.3 Å². The first-order valence-electron chi connectivity index (χ1n) is 5.64. The predicted octanol–water partition coefficient (Wildman–Crippen LogP) is 2.29. The van der Waals surface area contributed by atoms with Crippen molar-refractivity contribution in [1.82, 2.24) is 0 Å². The van der Waals surface area contributed by atoms with E-state index in [-0.39, 0.29) is 17.4 Å². The van der Waals surface area contributed by atoms with E-state index in [1.807, 2.05) is 6.92 Å². The molecule has 1 fully saturated rings. The second-order valence-corrected chi connectivity index (χ2v) is 4.64. The fourth-order valence-electron chi connectivity index (χ4n) is 1.85. The minimum absolute atomic E-state index is 0.0160. The molecular formula is C13H15NO3. The summed E-state index contributed by atoms with van der Waals surface area (Å²) in [5.41, 5.74) is 1.47. The smallest absolute Gasteiger partial charge is 0.336 e. The van der Waals surface area contributed by atoms with Crippen molar-refractivity contribution in [3.63, 3.8) is 0 Å². The summed E-state index contributed by atoms with van der Waals surface area (Å²) in [5.74, 6) is -0.458. The van der Waals surface area contributed by atoms with Crippen LogP contribution in [0.15, 0.2) is 18.2 Å². The number of carbonyl (C=O) groups is 2. The summed E-state index contributed by atoms with van der Waals surface area (Å²) >= 11 is 0. The third-order valence-electron chi connectivity index (χ3n) is 3.18. The van der Waals surface area contributed by atoms with Crippen LogP contribution in [0.1, 0.15) is 29.3 Å². The number of nitrogens with one attached hydrogen (secondary N) is 1. The first kappa shape index (κ1) is 11.6. The van der Waals surface area contributed by atoms with Crippen molar-refractivity contribution in [2.75, 3.05) is 5.32 Å². The van der Waals surface area contributed by atoms with Gasteiger partial charge in [-0.1, -0.05) is 13.0 Å². The number of aromatic carboxylic acids is 1. The average molecular weight is 233 g/mol. The van der Waals surface area contributed by atoms with Crippen LogP contribution in [-0.4, -0.2) is 17.0 Å². The van der Waals surface area contributed by atoms with Gasteiger partial charge in [0.05, 0.1) is 5.56 Å². The van der Waals surface area contributed by atoms with Gasteiger partial charge in [-0.25, -0.2) is 4.79 Å². The second kappa shape index (κ2) is 4.20. The Kier molecular flexibility index (Phi) is 2.88. The lowest BCUT2D eigenvalue weighted by Crippen LogP contribution is -2.15. The molecule has 2 atom stereocenters. The van der Waals surface area contributed by atoms with Crippen molar-refractivity contribution >= 4 is 17.6 Å². The molecule has 17 heavy (non-hydrogen) atoms. The zero-order valence-corrected chi connectivity index (χ0v) is 9.86. The number of rotatable bonds is 3. The number of aryl methyl sites for hydroxylation is 1. The fraction of sp³-hybridized carbons (Fsp3) is 0.385. The van der Waals surface area contributed by atoms with Gasteiger partial charge in [0.15, 0.2) is 0 Å². The van der Waals surface area contributed by atoms with Crippen LogP contribution < -0.4 is 5.32 Å². The zero-order chi connectivity index (χ0) is 12.6. The molecule has 0 aliphatic heterocycles. The van der Waals surface area contributed by atoms with Crippen molar-refractivity contribution in [3.8, 4) is 0 Å². The zero-order valence-electron chi connectivity index (χ0n) is 9.86. The van der Waals surface area contributed by atoms with Gasteiger partial charge in [-0.3, -0.25) is 4.79 Å². The van der Waals surface area contributed by atoms with E-state index in [9.17, 15) is 9.59 Å². The van der Waals surface area contributed by atoms with Crippen LogP contribution in [0.25, 0.3) is 0 Å². The number of carboxylic acid groups (broad SMARTS) is 1. The highest BCUT2D eigenvalue weighted by Gasteiger charge is 2.39. The van der Waals surface area contributed by atoms with Gasteiger partial charge < -0.3 is 10.4 Å². The lowest BCUT2D eigenvalue weighted by Gasteiger charge is -2.07. The number of carbonyl (C=O) groups excluding carboxylic acids is 1. The molecule has 0 bridgehead atoms. The highest BCUT2D eigenvalue weighted by Crippen LogP contribution is 2.38. The Morgan fingerprint density at radius 1 is 1.41 bits per heavy atom. The SMILES string of the molecule is Cc1ccc(NC(=O)C2CC2C)cc1C(=O)O. The fourth-order valence-corrected chi connectivity index (χ4v) is 1.85. The Morgan fingerprint density at radius 3 is 2.59 bits per heavy atom. The van der Waals surface area contributed by atoms with E-state index in [0.29, 0.717) is 17.2 Å². The summed E-state index contributed by atoms with van der Waals surface area (Å²) in [4.78, 5) is 22.6. The topological polar surface area (TPSA) is 66.4 Å². The highest BCUT2D eigenvalue weighted by molar-refractivity contribution is 5.96. The maximum absolute atomic E-state index is 11.7. The van der Waals surface area contributed by atoms with Crippen LogP contribution in [0.2, 0.25) is 0 Å². The number of hydrogen-bond acceptors (Lipinski definition) is 2. The van der Waals surface area contributed by atoms with Gasteiger partial charge in [-0.15, -0.1) is 0 Å². The Bertz CT molecular complexity index is 482. The van der Waals surface area contributed by atoms with Crippen LogP contribution >= 0.6 is 0 Å². The van der Waals surface area contributed by atoms with Crippen LogP contribution in [-0.2, 0) is 4.79 Å². The number of benzene rings is 1. The standard InChI is InChI=1S/C13H15NO3/c1-7-3-4-9(6-11(7)13(16)17)14-12(15)10-5-8(10)2/h3-4,6,8,10H,5H2,1-2H3,(H,14,15)(H,16,17). The Morgan fingerprint density at radius 2 is 2.06 bits per heavy atom. The third kappa shape index (κ3) is 2.46. The van der Waals surface area contributed by atoms with E-state index in [4.69, 9.17) is 5.11 Å². The molecule has 2 unspecified atom stereocenters. The van der Waals surface area contributed by atoms with Gasteiger partial charge in [-0.05, 0) is 37.0 Å². The molecule has 0 aromatic heterocycles. The van der Waals surface area contributed by atoms with Crippen molar-refractivity contribution in [1.29, 1.82) is 0 Å². The lowest BCUT2D eigenvalue weighted by molar-refractivity contribution is -0.117. The summed E-state index contributed by atoms with van der Waals surface area (Å²) in [6, 6.07) is 4.94. The van der Waals surface area contributed by atoms with Gasteiger partial charge in [0.25, 0.3) is 0 Å². The van der Waals surface area contributed by atoms with Gasteiger partial charge in [0.2, 0.25) is 5.91 Å². The number of carboxylic acids is 1. The second-order valence-electron chi connectivity index (χ2n) is 4.64. The molecule has 1 saturated carbocycles. The van der Waals surface area contributed by atoms with Gasteiger partial charge in [-0.2, -0.15) is 0 Å². The third-order valence-corrected chi connectivity index (χ3v) is 3.18. The molecule has 1 aliphatic carbocycles. The summed E-state index contributed by atoms with van der Waals surface area (Å²) in [6.45, 7) is 3.76. The van der Waals surface area contributed by atoms with E-state index in [1.165, 1.54) is 6.07 Å². The summed E-state index contributed by atoms with van der Waals surface area (Å²) in [6.07, 6.45) is 0.920. The Hall–Kier alpha value is -1.84. The molecule has 2 rings (SSSR count). The Labute approximate surface area is 99.6 Å². The molecule has 0 spiro atoms. The molecule has 1 aromatic rings. The van der Waals surface area contributed by atoms with Gasteiger partial charge in [0.1, 0.15) is 0 Å². The van der Waals surface area contributed by atoms with Crippen LogP contribution in [0, 0.1) is 18.8 Å². The quantitative estimate of drug-likeness (QED) is 0.841. The molecule has 1 amide bonds. The maximum atomic E-state index is 11.7. The molecule has 0 heterocycles. The first-order chi connectivity index (χ1) is 7.99. The van der Waals surface area contributed by atoms with Crippen molar-refractivity contribution < 1.29 is 14.7 Å². The van der Waals surface area contributed by atoms with E-state index < -0.39 is 5.97 Å². The molecule has 0 radical (unpaired) electrons. The van der Waals surface area contributed by atoms with Crippen LogP contribution in [0.4, 0.5) is 5.69 Å². The van der Waals surface area contributed by atoms with E-state index >= 15 is 0 Å².